The Morgan fingerprint density at radius 1 is 1.45 bits per heavy atom. The van der Waals surface area contributed by atoms with Crippen LogP contribution in [0, 0.1) is 5.82 Å². The van der Waals surface area contributed by atoms with Crippen LogP contribution in [0.3, 0.4) is 0 Å². The van der Waals surface area contributed by atoms with Crippen molar-refractivity contribution in [3.8, 4) is 5.75 Å². The number of aromatic hydroxyl groups is 1. The lowest BCUT2D eigenvalue weighted by Gasteiger charge is -2.32. The molecule has 20 heavy (non-hydrogen) atoms. The number of rotatable bonds is 4. The van der Waals surface area contributed by atoms with Crippen molar-refractivity contribution >= 4 is 17.5 Å². The first-order valence-corrected chi connectivity index (χ1v) is 7.10. The first kappa shape index (κ1) is 15.1. The minimum absolute atomic E-state index is 0.00475. The van der Waals surface area contributed by atoms with Gasteiger partial charge in [0.2, 0.25) is 0 Å². The van der Waals surface area contributed by atoms with Crippen molar-refractivity contribution in [3.63, 3.8) is 0 Å². The van der Waals surface area contributed by atoms with Crippen LogP contribution in [0.5, 0.6) is 5.75 Å². The van der Waals surface area contributed by atoms with Gasteiger partial charge in [-0.15, -0.1) is 11.6 Å². The number of phenolic OH excluding ortho intramolecular Hbond substituents is 1. The number of halogens is 2. The van der Waals surface area contributed by atoms with Crippen LogP contribution in [0.4, 0.5) is 4.39 Å². The Labute approximate surface area is 122 Å². The Kier molecular flexibility index (Phi) is 5.20. The number of carbonyl (C=O) groups is 1. The van der Waals surface area contributed by atoms with Gasteiger partial charge >= 0.3 is 0 Å². The van der Waals surface area contributed by atoms with E-state index in [4.69, 9.17) is 16.3 Å². The molecule has 0 aromatic heterocycles. The van der Waals surface area contributed by atoms with E-state index in [-0.39, 0.29) is 23.3 Å². The zero-order valence-corrected chi connectivity index (χ0v) is 11.8. The average molecular weight is 302 g/mol. The molecule has 1 aliphatic rings. The smallest absolute Gasteiger partial charge is 0.257 e. The molecule has 0 bridgehead atoms. The predicted molar refractivity (Wildman–Crippen MR) is 73.7 cm³/mol. The molecule has 0 saturated carbocycles. The molecular weight excluding hydrogens is 285 g/mol. The molecule has 1 aliphatic heterocycles. The van der Waals surface area contributed by atoms with Crippen molar-refractivity contribution in [1.82, 2.24) is 4.90 Å². The second-order valence-electron chi connectivity index (χ2n) is 4.71. The Morgan fingerprint density at radius 2 is 2.15 bits per heavy atom. The fourth-order valence-corrected chi connectivity index (χ4v) is 2.38. The Morgan fingerprint density at radius 3 is 2.80 bits per heavy atom. The molecule has 0 spiro atoms. The minimum Gasteiger partial charge on any atom is -0.507 e. The largest absolute Gasteiger partial charge is 0.507 e. The number of piperidine rings is 1. The Balaban J connectivity index is 1.96. The number of amides is 1. The van der Waals surface area contributed by atoms with Gasteiger partial charge in [0.25, 0.3) is 5.91 Å². The molecule has 1 aromatic rings. The number of hydrogen-bond donors (Lipinski definition) is 1. The van der Waals surface area contributed by atoms with E-state index in [1.54, 1.807) is 4.90 Å². The van der Waals surface area contributed by atoms with E-state index in [9.17, 15) is 14.3 Å². The molecule has 1 aromatic carbocycles. The lowest BCUT2D eigenvalue weighted by molar-refractivity contribution is 0.0153. The van der Waals surface area contributed by atoms with Crippen molar-refractivity contribution in [2.45, 2.75) is 18.9 Å². The van der Waals surface area contributed by atoms with Gasteiger partial charge in [-0.1, -0.05) is 0 Å². The average Bonchev–Trinajstić information content (AvgIpc) is 2.47. The number of hydrogen-bond acceptors (Lipinski definition) is 3. The summed E-state index contributed by atoms with van der Waals surface area (Å²) in [6.45, 7) is 1.56. The molecule has 4 nitrogen and oxygen atoms in total. The van der Waals surface area contributed by atoms with Gasteiger partial charge in [-0.3, -0.25) is 4.79 Å². The molecule has 1 heterocycles. The quantitative estimate of drug-likeness (QED) is 0.869. The summed E-state index contributed by atoms with van der Waals surface area (Å²) in [7, 11) is 0. The maximum Gasteiger partial charge on any atom is 0.257 e. The van der Waals surface area contributed by atoms with Crippen molar-refractivity contribution < 1.29 is 19.0 Å². The van der Waals surface area contributed by atoms with Crippen molar-refractivity contribution in [2.75, 3.05) is 25.6 Å². The number of likely N-dealkylation sites (tertiary alicyclic amines) is 1. The molecule has 110 valence electrons. The van der Waals surface area contributed by atoms with E-state index >= 15 is 0 Å². The summed E-state index contributed by atoms with van der Waals surface area (Å²) in [4.78, 5) is 13.8. The van der Waals surface area contributed by atoms with Crippen molar-refractivity contribution in [2.24, 2.45) is 0 Å². The second kappa shape index (κ2) is 6.90. The zero-order chi connectivity index (χ0) is 14.5. The number of ether oxygens (including phenoxy) is 1. The van der Waals surface area contributed by atoms with Crippen LogP contribution in [0.15, 0.2) is 18.2 Å². The summed E-state index contributed by atoms with van der Waals surface area (Å²) < 4.78 is 18.7. The third-order valence-electron chi connectivity index (χ3n) is 3.35. The van der Waals surface area contributed by atoms with Crippen LogP contribution in [0.1, 0.15) is 23.2 Å². The van der Waals surface area contributed by atoms with Crippen molar-refractivity contribution in [1.29, 1.82) is 0 Å². The predicted octanol–water partition coefficient (Wildman–Crippen LogP) is 2.39. The molecule has 0 radical (unpaired) electrons. The van der Waals surface area contributed by atoms with E-state index in [1.807, 2.05) is 0 Å². The minimum atomic E-state index is -0.536. The van der Waals surface area contributed by atoms with E-state index in [2.05, 4.69) is 0 Å². The molecule has 1 N–H and O–H groups in total. The van der Waals surface area contributed by atoms with Gasteiger partial charge in [0.15, 0.2) is 0 Å². The second-order valence-corrected chi connectivity index (χ2v) is 5.09. The summed E-state index contributed by atoms with van der Waals surface area (Å²) in [6.07, 6.45) is 1.55. The molecule has 1 saturated heterocycles. The zero-order valence-electron chi connectivity index (χ0n) is 11.0. The van der Waals surface area contributed by atoms with Gasteiger partial charge in [0, 0.05) is 19.0 Å². The lowest BCUT2D eigenvalue weighted by atomic mass is 10.1. The number of benzene rings is 1. The topological polar surface area (TPSA) is 49.8 Å². The molecule has 6 heteroatoms. The van der Waals surface area contributed by atoms with Crippen LogP contribution in [0.2, 0.25) is 0 Å². The van der Waals surface area contributed by atoms with Gasteiger partial charge in [-0.25, -0.2) is 4.39 Å². The maximum atomic E-state index is 13.2. The van der Waals surface area contributed by atoms with Crippen LogP contribution >= 0.6 is 11.6 Å². The van der Waals surface area contributed by atoms with Gasteiger partial charge in [-0.2, -0.15) is 0 Å². The SMILES string of the molecule is O=C(c1cc(F)ccc1O)N1CCC(OCCCl)CC1. The monoisotopic (exact) mass is 301 g/mol. The van der Waals surface area contributed by atoms with Gasteiger partial charge in [0.1, 0.15) is 11.6 Å². The first-order valence-electron chi connectivity index (χ1n) is 6.57. The lowest BCUT2D eigenvalue weighted by Crippen LogP contribution is -2.41. The third-order valence-corrected chi connectivity index (χ3v) is 3.50. The van der Waals surface area contributed by atoms with Crippen LogP contribution in [0.25, 0.3) is 0 Å². The Hall–Kier alpha value is -1.33. The summed E-state index contributed by atoms with van der Waals surface area (Å²) in [5.74, 6) is -0.628. The summed E-state index contributed by atoms with van der Waals surface area (Å²) >= 11 is 5.56. The van der Waals surface area contributed by atoms with Gasteiger partial charge in [-0.05, 0) is 31.0 Å². The summed E-state index contributed by atoms with van der Waals surface area (Å²) in [6, 6.07) is 3.38. The van der Waals surface area contributed by atoms with Crippen molar-refractivity contribution in [3.05, 3.63) is 29.6 Å². The molecule has 1 amide bonds. The summed E-state index contributed by atoms with van der Waals surface area (Å²) in [5, 5.41) is 9.65. The number of nitrogens with zero attached hydrogens (tertiary/aromatic N) is 1. The highest BCUT2D eigenvalue weighted by atomic mass is 35.5. The molecule has 1 fully saturated rings. The highest BCUT2D eigenvalue weighted by Gasteiger charge is 2.25. The Bertz CT molecular complexity index is 475. The van der Waals surface area contributed by atoms with E-state index < -0.39 is 5.82 Å². The maximum absolute atomic E-state index is 13.2. The number of alkyl halides is 1. The number of carbonyl (C=O) groups excluding carboxylic acids is 1. The number of phenols is 1. The highest BCUT2D eigenvalue weighted by molar-refractivity contribution is 6.17. The van der Waals surface area contributed by atoms with E-state index in [0.717, 1.165) is 25.0 Å². The summed E-state index contributed by atoms with van der Waals surface area (Å²) in [5.41, 5.74) is 0.00475. The van der Waals surface area contributed by atoms with Gasteiger partial charge in [0.05, 0.1) is 18.3 Å². The fourth-order valence-electron chi connectivity index (χ4n) is 2.29. The highest BCUT2D eigenvalue weighted by Crippen LogP contribution is 2.22. The van der Waals surface area contributed by atoms with Gasteiger partial charge < -0.3 is 14.7 Å². The fraction of sp³-hybridized carbons (Fsp3) is 0.500. The molecule has 0 aliphatic carbocycles. The molecule has 0 atom stereocenters. The van der Waals surface area contributed by atoms with E-state index in [1.165, 1.54) is 6.07 Å². The van der Waals surface area contributed by atoms with E-state index in [0.29, 0.717) is 25.6 Å². The van der Waals surface area contributed by atoms with Crippen LogP contribution in [-0.4, -0.2) is 47.6 Å². The molecular formula is C14H17ClFNO3. The van der Waals surface area contributed by atoms with Crippen LogP contribution in [-0.2, 0) is 4.74 Å². The van der Waals surface area contributed by atoms with Crippen LogP contribution < -0.4 is 0 Å². The standard InChI is InChI=1S/C14H17ClFNO3/c15-5-8-20-11-3-6-17(7-4-11)14(19)12-9-10(16)1-2-13(12)18/h1-2,9,11,18H,3-8H2. The molecule has 0 unspecified atom stereocenters. The normalized spacial score (nSPS) is 16.4. The molecule has 2 rings (SSSR count). The third kappa shape index (κ3) is 3.61. The first-order chi connectivity index (χ1) is 9.61.